The predicted molar refractivity (Wildman–Crippen MR) is 106 cm³/mol. The first-order valence-corrected chi connectivity index (χ1v) is 9.81. The number of hydrogen-bond acceptors (Lipinski definition) is 5. The summed E-state index contributed by atoms with van der Waals surface area (Å²) in [6, 6.07) is 10.7. The lowest BCUT2D eigenvalue weighted by Gasteiger charge is -2.19. The summed E-state index contributed by atoms with van der Waals surface area (Å²) in [5, 5.41) is 21.7. The Labute approximate surface area is 177 Å². The molecule has 2 heterocycles. The highest BCUT2D eigenvalue weighted by Gasteiger charge is 2.35. The summed E-state index contributed by atoms with van der Waals surface area (Å²) in [5.41, 5.74) is 0.0640. The van der Waals surface area contributed by atoms with Gasteiger partial charge < -0.3 is 14.9 Å². The van der Waals surface area contributed by atoms with Gasteiger partial charge in [-0.3, -0.25) is 4.57 Å². The van der Waals surface area contributed by atoms with Crippen molar-refractivity contribution in [3.8, 4) is 16.5 Å². The number of benzene rings is 2. The maximum Gasteiger partial charge on any atom is 0.416 e. The number of aromatic carboxylic acids is 1. The number of carboxylic acids is 1. The normalized spacial score (nSPS) is 12.8. The summed E-state index contributed by atoms with van der Waals surface area (Å²) in [6.07, 6.45) is -4.20. The van der Waals surface area contributed by atoms with Gasteiger partial charge in [-0.15, -0.1) is 17.1 Å². The number of carboxylic acid groups (broad SMARTS) is 1. The number of halogens is 3. The molecule has 160 valence electrons. The van der Waals surface area contributed by atoms with E-state index in [0.717, 1.165) is 17.4 Å². The number of hydrogen-bond donors (Lipinski definition) is 1. The average molecular weight is 447 g/mol. The van der Waals surface area contributed by atoms with Crippen LogP contribution in [0.1, 0.15) is 33.8 Å². The van der Waals surface area contributed by atoms with Gasteiger partial charge in [0.25, 0.3) is 0 Å². The quantitative estimate of drug-likeness (QED) is 0.464. The molecule has 2 aromatic carbocycles. The number of fused-ring (bicyclic) bond motifs is 1. The van der Waals surface area contributed by atoms with Crippen LogP contribution in [-0.4, -0.2) is 20.6 Å². The highest BCUT2D eigenvalue weighted by Crippen LogP contribution is 2.39. The fourth-order valence-corrected chi connectivity index (χ4v) is 4.16. The summed E-state index contributed by atoms with van der Waals surface area (Å²) < 4.78 is 47.2. The summed E-state index contributed by atoms with van der Waals surface area (Å²) in [7, 11) is 0. The molecule has 0 aliphatic rings. The first-order chi connectivity index (χ1) is 14.6. The zero-order chi connectivity index (χ0) is 22.3. The first kappa shape index (κ1) is 20.7. The Bertz CT molecular complexity index is 1280. The van der Waals surface area contributed by atoms with Gasteiger partial charge in [0.05, 0.1) is 16.6 Å². The van der Waals surface area contributed by atoms with Gasteiger partial charge in [-0.1, -0.05) is 24.3 Å². The second kappa shape index (κ2) is 7.62. The van der Waals surface area contributed by atoms with Crippen LogP contribution >= 0.6 is 11.3 Å². The number of ether oxygens (including phenoxy) is 1. The first-order valence-electron chi connectivity index (χ1n) is 8.99. The molecule has 0 aliphatic carbocycles. The number of nitrogens with zero attached hydrogens (tertiary/aromatic N) is 2. The van der Waals surface area contributed by atoms with E-state index in [-0.39, 0.29) is 21.9 Å². The molecule has 1 atom stereocenters. The van der Waals surface area contributed by atoms with E-state index < -0.39 is 23.8 Å². The van der Waals surface area contributed by atoms with E-state index in [4.69, 9.17) is 4.74 Å². The summed E-state index contributed by atoms with van der Waals surface area (Å²) in [4.78, 5) is 15.8. The van der Waals surface area contributed by atoms with E-state index in [0.29, 0.717) is 16.0 Å². The van der Waals surface area contributed by atoms with E-state index in [2.05, 4.69) is 4.98 Å². The zero-order valence-corrected chi connectivity index (χ0v) is 16.7. The van der Waals surface area contributed by atoms with Gasteiger partial charge in [-0.2, -0.15) is 13.2 Å². The minimum absolute atomic E-state index is 0.0721. The molecule has 6 nitrogen and oxygen atoms in total. The van der Waals surface area contributed by atoms with Crippen molar-refractivity contribution in [1.29, 1.82) is 0 Å². The lowest BCUT2D eigenvalue weighted by atomic mass is 10.0. The largest absolute Gasteiger partial charge is 0.872 e. The van der Waals surface area contributed by atoms with Crippen molar-refractivity contribution >= 4 is 28.3 Å². The van der Waals surface area contributed by atoms with Gasteiger partial charge in [0, 0.05) is 11.6 Å². The van der Waals surface area contributed by atoms with E-state index in [9.17, 15) is 28.2 Å². The van der Waals surface area contributed by atoms with Crippen LogP contribution in [0.5, 0.6) is 11.5 Å². The van der Waals surface area contributed by atoms with Crippen molar-refractivity contribution in [1.82, 2.24) is 9.55 Å². The van der Waals surface area contributed by atoms with Gasteiger partial charge in [0.2, 0.25) is 0 Å². The van der Waals surface area contributed by atoms with Crippen molar-refractivity contribution in [2.75, 3.05) is 0 Å². The third-order valence-electron chi connectivity index (χ3n) is 4.64. The fourth-order valence-electron chi connectivity index (χ4n) is 3.24. The third kappa shape index (κ3) is 3.93. The Balaban J connectivity index is 1.74. The SMILES string of the molecule is C[C@@H](Oc1cc(-n2cnc3ccc([O-])cc32)sc1C(=O)O)c1ccccc1C(F)(F)F. The molecule has 1 N–H and O–H groups in total. The van der Waals surface area contributed by atoms with Crippen molar-refractivity contribution in [3.63, 3.8) is 0 Å². The lowest BCUT2D eigenvalue weighted by Crippen LogP contribution is -2.14. The molecule has 0 saturated heterocycles. The maximum absolute atomic E-state index is 13.3. The molecular formula is C21H14F3N2O4S-. The number of imidazole rings is 1. The Morgan fingerprint density at radius 1 is 1.23 bits per heavy atom. The molecule has 4 rings (SSSR count). The van der Waals surface area contributed by atoms with Gasteiger partial charge in [0.15, 0.2) is 4.88 Å². The molecule has 0 radical (unpaired) electrons. The van der Waals surface area contributed by atoms with Crippen LogP contribution in [0.25, 0.3) is 16.0 Å². The number of alkyl halides is 3. The molecule has 0 unspecified atom stereocenters. The van der Waals surface area contributed by atoms with Crippen LogP contribution in [-0.2, 0) is 6.18 Å². The Morgan fingerprint density at radius 2 is 1.97 bits per heavy atom. The molecule has 0 fully saturated rings. The molecule has 10 heteroatoms. The Morgan fingerprint density at radius 3 is 2.68 bits per heavy atom. The van der Waals surface area contributed by atoms with Crippen LogP contribution < -0.4 is 9.84 Å². The molecule has 2 aromatic heterocycles. The van der Waals surface area contributed by atoms with Crippen LogP contribution in [0.15, 0.2) is 54.9 Å². The van der Waals surface area contributed by atoms with Crippen molar-refractivity contribution in [2.24, 2.45) is 0 Å². The van der Waals surface area contributed by atoms with E-state index in [1.165, 1.54) is 54.2 Å². The molecular weight excluding hydrogens is 433 g/mol. The summed E-state index contributed by atoms with van der Waals surface area (Å²) >= 11 is 0.867. The standard InChI is InChI=1S/C21H15F3N2O4S/c1-11(13-4-2-3-5-14(13)21(22,23)24)30-17-9-18(31-19(17)20(28)29)26-10-25-15-7-6-12(27)8-16(15)26/h2-11,27H,1H3,(H,28,29)/p-1/t11-/m1/s1. The monoisotopic (exact) mass is 447 g/mol. The Hall–Kier alpha value is -3.53. The zero-order valence-electron chi connectivity index (χ0n) is 15.9. The van der Waals surface area contributed by atoms with Gasteiger partial charge in [0.1, 0.15) is 23.2 Å². The molecule has 0 aliphatic heterocycles. The van der Waals surface area contributed by atoms with Gasteiger partial charge in [-0.25, -0.2) is 9.78 Å². The van der Waals surface area contributed by atoms with Crippen LogP contribution in [0, 0.1) is 0 Å². The summed E-state index contributed by atoms with van der Waals surface area (Å²) in [6.45, 7) is 1.42. The second-order valence-electron chi connectivity index (χ2n) is 6.69. The third-order valence-corrected chi connectivity index (χ3v) is 5.75. The van der Waals surface area contributed by atoms with E-state index in [1.54, 1.807) is 6.07 Å². The van der Waals surface area contributed by atoms with Crippen molar-refractivity contribution in [2.45, 2.75) is 19.2 Å². The minimum Gasteiger partial charge on any atom is -0.872 e. The molecule has 31 heavy (non-hydrogen) atoms. The number of rotatable bonds is 5. The highest BCUT2D eigenvalue weighted by atomic mass is 32.1. The van der Waals surface area contributed by atoms with Crippen LogP contribution in [0.4, 0.5) is 13.2 Å². The maximum atomic E-state index is 13.3. The van der Waals surface area contributed by atoms with E-state index in [1.807, 2.05) is 0 Å². The number of aromatic nitrogens is 2. The molecule has 4 aromatic rings. The minimum atomic E-state index is -4.57. The van der Waals surface area contributed by atoms with Crippen molar-refractivity contribution < 1.29 is 32.9 Å². The van der Waals surface area contributed by atoms with Crippen LogP contribution in [0.3, 0.4) is 0 Å². The molecule has 0 amide bonds. The average Bonchev–Trinajstić information content (AvgIpc) is 3.31. The smallest absolute Gasteiger partial charge is 0.416 e. The fraction of sp³-hybridized carbons (Fsp3) is 0.143. The number of thiophene rings is 1. The Kier molecular flexibility index (Phi) is 5.10. The van der Waals surface area contributed by atoms with Crippen LogP contribution in [0.2, 0.25) is 0 Å². The summed E-state index contributed by atoms with van der Waals surface area (Å²) in [5.74, 6) is -1.59. The molecule has 0 bridgehead atoms. The highest BCUT2D eigenvalue weighted by molar-refractivity contribution is 7.16. The van der Waals surface area contributed by atoms with Gasteiger partial charge in [-0.05, 0) is 25.1 Å². The molecule has 0 spiro atoms. The lowest BCUT2D eigenvalue weighted by molar-refractivity contribution is -0.268. The van der Waals surface area contributed by atoms with Gasteiger partial charge >= 0.3 is 12.1 Å². The predicted octanol–water partition coefficient (Wildman–Crippen LogP) is 5.02. The van der Waals surface area contributed by atoms with Crippen molar-refractivity contribution in [3.05, 3.63) is 70.9 Å². The molecule has 0 saturated carbocycles. The topological polar surface area (TPSA) is 87.4 Å². The second-order valence-corrected chi connectivity index (χ2v) is 7.72. The van der Waals surface area contributed by atoms with E-state index >= 15 is 0 Å². The number of carbonyl (C=O) groups is 1.